The van der Waals surface area contributed by atoms with Gasteiger partial charge >= 0.3 is 0 Å². The normalized spacial score (nSPS) is 52.4. The highest BCUT2D eigenvalue weighted by Gasteiger charge is 2.70. The number of aliphatic hydroxyl groups excluding tert-OH is 2. The Hall–Kier alpha value is -0.710. The Kier molecular flexibility index (Phi) is 5.44. The molecule has 0 spiro atoms. The maximum absolute atomic E-state index is 12.9. The lowest BCUT2D eigenvalue weighted by molar-refractivity contribution is -0.236. The van der Waals surface area contributed by atoms with Crippen molar-refractivity contribution < 1.29 is 19.7 Å². The third kappa shape index (κ3) is 3.16. The Labute approximate surface area is 206 Å². The van der Waals surface area contributed by atoms with E-state index >= 15 is 0 Å². The molecule has 5 fully saturated rings. The van der Waals surface area contributed by atoms with Crippen LogP contribution in [-0.4, -0.2) is 39.9 Å². The first-order valence-electron chi connectivity index (χ1n) is 13.9. The largest absolute Gasteiger partial charge is 0.393 e. The van der Waals surface area contributed by atoms with Gasteiger partial charge in [-0.3, -0.25) is 4.79 Å². The summed E-state index contributed by atoms with van der Waals surface area (Å²) in [5.74, 6) is 1.84. The van der Waals surface area contributed by atoms with Gasteiger partial charge in [0, 0.05) is 11.8 Å². The molecule has 4 saturated carbocycles. The standard InChI is InChI=1S/C30H48O4/c1-17(15-21(32)25-27(4,5)34-25)18-9-13-29(7)19(18)16-20(31)24-28(6)12-11-23(33)26(2,3)22(28)10-14-30(24,29)8/h15,18-22,24-25,31-32H,9-14,16H2,1-8H3/b17-15+/t18-,19-,20-,21+,22?,24-,25?,28+,29-,30-/m1/s1. The van der Waals surface area contributed by atoms with Gasteiger partial charge in [0.25, 0.3) is 0 Å². The van der Waals surface area contributed by atoms with Crippen LogP contribution in [0.3, 0.4) is 0 Å². The summed E-state index contributed by atoms with van der Waals surface area (Å²) in [6.07, 6.45) is 7.95. The molecule has 10 atom stereocenters. The summed E-state index contributed by atoms with van der Waals surface area (Å²) in [6, 6.07) is 0. The van der Waals surface area contributed by atoms with Crippen LogP contribution >= 0.6 is 0 Å². The molecule has 1 saturated heterocycles. The van der Waals surface area contributed by atoms with E-state index in [1.165, 1.54) is 12.0 Å². The number of fused-ring (bicyclic) bond motifs is 5. The molecule has 5 rings (SSSR count). The molecule has 0 aromatic rings. The smallest absolute Gasteiger partial charge is 0.138 e. The summed E-state index contributed by atoms with van der Waals surface area (Å²) in [6.45, 7) is 18.0. The molecular formula is C30H48O4. The van der Waals surface area contributed by atoms with Crippen LogP contribution in [0.1, 0.15) is 100 Å². The van der Waals surface area contributed by atoms with Gasteiger partial charge in [0.15, 0.2) is 0 Å². The number of carbonyl (C=O) groups is 1. The minimum absolute atomic E-state index is 0.00582. The van der Waals surface area contributed by atoms with Gasteiger partial charge in [0.2, 0.25) is 0 Å². The first-order valence-corrected chi connectivity index (χ1v) is 13.9. The number of allylic oxidation sites excluding steroid dienone is 1. The number of ether oxygens (including phenoxy) is 1. The average Bonchev–Trinajstić information content (AvgIpc) is 3.23. The van der Waals surface area contributed by atoms with Crippen molar-refractivity contribution in [2.75, 3.05) is 0 Å². The molecule has 2 unspecified atom stereocenters. The zero-order chi connectivity index (χ0) is 25.1. The molecular weight excluding hydrogens is 424 g/mol. The molecule has 0 aromatic heterocycles. The molecule has 4 aliphatic carbocycles. The Bertz CT molecular complexity index is 903. The van der Waals surface area contributed by atoms with Crippen LogP contribution in [0.25, 0.3) is 0 Å². The van der Waals surface area contributed by atoms with Crippen LogP contribution in [0, 0.1) is 45.3 Å². The summed E-state index contributed by atoms with van der Waals surface area (Å²) in [5, 5.41) is 22.6. The minimum atomic E-state index is -0.560. The molecule has 0 radical (unpaired) electrons. The second-order valence-corrected chi connectivity index (χ2v) is 14.7. The summed E-state index contributed by atoms with van der Waals surface area (Å²) in [7, 11) is 0. The van der Waals surface area contributed by atoms with Crippen molar-refractivity contribution in [1.82, 2.24) is 0 Å². The van der Waals surface area contributed by atoms with Crippen molar-refractivity contribution >= 4 is 5.78 Å². The minimum Gasteiger partial charge on any atom is -0.393 e. The third-order valence-electron chi connectivity index (χ3n) is 12.5. The fourth-order valence-corrected chi connectivity index (χ4v) is 10.4. The summed E-state index contributed by atoms with van der Waals surface area (Å²) in [4.78, 5) is 12.9. The summed E-state index contributed by atoms with van der Waals surface area (Å²) >= 11 is 0. The van der Waals surface area contributed by atoms with Gasteiger partial charge in [-0.15, -0.1) is 0 Å². The molecule has 0 bridgehead atoms. The van der Waals surface area contributed by atoms with Crippen LogP contribution in [-0.2, 0) is 9.53 Å². The summed E-state index contributed by atoms with van der Waals surface area (Å²) < 4.78 is 5.69. The first-order chi connectivity index (χ1) is 15.6. The quantitative estimate of drug-likeness (QED) is 0.409. The molecule has 1 aliphatic heterocycles. The van der Waals surface area contributed by atoms with Crippen molar-refractivity contribution in [2.24, 2.45) is 45.3 Å². The molecule has 4 nitrogen and oxygen atoms in total. The predicted octanol–water partition coefficient (Wildman–Crippen LogP) is 5.70. The van der Waals surface area contributed by atoms with Gasteiger partial charge in [0.05, 0.1) is 11.7 Å². The zero-order valence-corrected chi connectivity index (χ0v) is 22.8. The van der Waals surface area contributed by atoms with Crippen LogP contribution in [0.15, 0.2) is 11.6 Å². The van der Waals surface area contributed by atoms with Crippen molar-refractivity contribution in [1.29, 1.82) is 0 Å². The Morgan fingerprint density at radius 3 is 2.26 bits per heavy atom. The third-order valence-corrected chi connectivity index (χ3v) is 12.5. The van der Waals surface area contributed by atoms with E-state index in [1.807, 2.05) is 19.9 Å². The number of ketones is 1. The van der Waals surface area contributed by atoms with E-state index in [4.69, 9.17) is 4.74 Å². The number of hydrogen-bond acceptors (Lipinski definition) is 4. The molecule has 1 heterocycles. The van der Waals surface area contributed by atoms with Gasteiger partial charge < -0.3 is 14.9 Å². The second kappa shape index (κ2) is 7.42. The van der Waals surface area contributed by atoms with Crippen LogP contribution in [0.2, 0.25) is 0 Å². The Balaban J connectivity index is 1.46. The monoisotopic (exact) mass is 472 g/mol. The Morgan fingerprint density at radius 2 is 1.65 bits per heavy atom. The number of aliphatic hydroxyl groups is 2. The van der Waals surface area contributed by atoms with Gasteiger partial charge in [0.1, 0.15) is 18.0 Å². The predicted molar refractivity (Wildman–Crippen MR) is 134 cm³/mol. The molecule has 192 valence electrons. The number of epoxide rings is 1. The molecule has 0 aromatic carbocycles. The van der Waals surface area contributed by atoms with E-state index in [0.29, 0.717) is 30.0 Å². The molecule has 34 heavy (non-hydrogen) atoms. The Morgan fingerprint density at radius 1 is 1.03 bits per heavy atom. The topological polar surface area (TPSA) is 70.1 Å². The zero-order valence-electron chi connectivity index (χ0n) is 22.8. The lowest BCUT2D eigenvalue weighted by atomic mass is 9.35. The van der Waals surface area contributed by atoms with E-state index in [9.17, 15) is 15.0 Å². The van der Waals surface area contributed by atoms with E-state index in [1.54, 1.807) is 0 Å². The van der Waals surface area contributed by atoms with E-state index < -0.39 is 6.10 Å². The molecule has 2 N–H and O–H groups in total. The van der Waals surface area contributed by atoms with Crippen molar-refractivity contribution in [3.63, 3.8) is 0 Å². The fraction of sp³-hybridized carbons (Fsp3) is 0.900. The van der Waals surface area contributed by atoms with Crippen LogP contribution in [0.4, 0.5) is 0 Å². The van der Waals surface area contributed by atoms with Crippen LogP contribution in [0.5, 0.6) is 0 Å². The van der Waals surface area contributed by atoms with Gasteiger partial charge in [-0.2, -0.15) is 0 Å². The maximum Gasteiger partial charge on any atom is 0.138 e. The molecule has 5 aliphatic rings. The van der Waals surface area contributed by atoms with E-state index in [2.05, 4.69) is 41.5 Å². The van der Waals surface area contributed by atoms with Gasteiger partial charge in [-0.1, -0.05) is 46.3 Å². The highest BCUT2D eigenvalue weighted by atomic mass is 16.6. The average molecular weight is 473 g/mol. The molecule has 0 amide bonds. The van der Waals surface area contributed by atoms with Gasteiger partial charge in [-0.25, -0.2) is 0 Å². The second-order valence-electron chi connectivity index (χ2n) is 14.7. The van der Waals surface area contributed by atoms with Crippen molar-refractivity contribution in [3.05, 3.63) is 11.6 Å². The van der Waals surface area contributed by atoms with Crippen molar-refractivity contribution in [2.45, 2.75) is 124 Å². The number of rotatable bonds is 3. The van der Waals surface area contributed by atoms with E-state index in [0.717, 1.165) is 32.1 Å². The van der Waals surface area contributed by atoms with Gasteiger partial charge in [-0.05, 0) is 99.2 Å². The fourth-order valence-electron chi connectivity index (χ4n) is 10.4. The lowest BCUT2D eigenvalue weighted by Gasteiger charge is -2.70. The highest BCUT2D eigenvalue weighted by molar-refractivity contribution is 5.85. The van der Waals surface area contributed by atoms with Crippen molar-refractivity contribution in [3.8, 4) is 0 Å². The van der Waals surface area contributed by atoms with Crippen LogP contribution < -0.4 is 0 Å². The lowest BCUT2D eigenvalue weighted by Crippen LogP contribution is -2.66. The molecule has 4 heteroatoms. The summed E-state index contributed by atoms with van der Waals surface area (Å²) in [5.41, 5.74) is 0.976. The number of hydrogen-bond donors (Lipinski definition) is 2. The first kappa shape index (κ1) is 25.0. The highest BCUT2D eigenvalue weighted by Crippen LogP contribution is 2.75. The maximum atomic E-state index is 12.9. The van der Waals surface area contributed by atoms with E-state index in [-0.39, 0.29) is 45.4 Å². The number of Topliss-reactive ketones (excluding diaryl/α,β-unsaturated/α-hetero) is 1. The SMILES string of the molecule is C/C(=C\[C@H](O)C1OC1(C)C)[C@H]1CC[C@]2(C)[C@@H]1C[C@@H](O)[C@@H]1[C@@]3(C)CCC(=O)C(C)(C)C3CC[C@]12C. The number of carbonyl (C=O) groups excluding carboxylic acids is 1.